The van der Waals surface area contributed by atoms with E-state index in [0.717, 1.165) is 17.0 Å². The smallest absolute Gasteiger partial charge is 0.374 e. The second-order valence-corrected chi connectivity index (χ2v) is 10.5. The number of carbonyl (C=O) groups is 2. The van der Waals surface area contributed by atoms with Crippen molar-refractivity contribution in [2.45, 2.75) is 49.7 Å². The predicted octanol–water partition coefficient (Wildman–Crippen LogP) is 6.17. The Kier molecular flexibility index (Phi) is 7.35. The van der Waals surface area contributed by atoms with E-state index in [9.17, 15) is 35.9 Å². The standard InChI is InChI=1S/C25H21Cl2F6N3O3/c1-13-7-14(19-11-23(39-35-19,25(31,32)33)15-8-16(26)10-17(27)9-15)3-4-18(13)21(38)36(2)12-20(37)34-22(5-6-22)24(28,29)30/h3-4,7-10H,5-6,11-12H2,1-2H3,(H,34,37). The normalized spacial score (nSPS) is 20.2. The van der Waals surface area contributed by atoms with Gasteiger partial charge in [-0.2, -0.15) is 26.3 Å². The fraction of sp³-hybridized carbons (Fsp3) is 0.400. The molecule has 0 radical (unpaired) electrons. The van der Waals surface area contributed by atoms with Crippen molar-refractivity contribution < 1.29 is 40.8 Å². The number of alkyl halides is 6. The van der Waals surface area contributed by atoms with Crippen molar-refractivity contribution in [3.8, 4) is 0 Å². The molecule has 1 unspecified atom stereocenters. The molecule has 0 bridgehead atoms. The summed E-state index contributed by atoms with van der Waals surface area (Å²) in [7, 11) is 1.26. The molecule has 1 heterocycles. The number of hydrogen-bond acceptors (Lipinski definition) is 4. The van der Waals surface area contributed by atoms with E-state index in [0.29, 0.717) is 5.56 Å². The molecule has 0 saturated heterocycles. The maximum Gasteiger partial charge on any atom is 0.435 e. The third-order valence-electron chi connectivity index (χ3n) is 6.70. The quantitative estimate of drug-likeness (QED) is 0.406. The van der Waals surface area contributed by atoms with Gasteiger partial charge in [0.25, 0.3) is 11.5 Å². The minimum Gasteiger partial charge on any atom is -0.374 e. The summed E-state index contributed by atoms with van der Waals surface area (Å²) < 4.78 is 82.0. The Balaban J connectivity index is 1.50. The molecule has 1 aliphatic carbocycles. The Morgan fingerprint density at radius 2 is 1.64 bits per heavy atom. The first-order valence-corrected chi connectivity index (χ1v) is 12.3. The minimum absolute atomic E-state index is 0.0135. The van der Waals surface area contributed by atoms with Crippen LogP contribution in [0.3, 0.4) is 0 Å². The lowest BCUT2D eigenvalue weighted by molar-refractivity contribution is -0.275. The van der Waals surface area contributed by atoms with Crippen molar-refractivity contribution in [1.82, 2.24) is 10.2 Å². The maximum absolute atomic E-state index is 14.2. The zero-order valence-corrected chi connectivity index (χ0v) is 21.9. The van der Waals surface area contributed by atoms with Crippen molar-refractivity contribution in [2.75, 3.05) is 13.6 Å². The first kappa shape index (κ1) is 29.0. The van der Waals surface area contributed by atoms with Gasteiger partial charge in [0.05, 0.1) is 12.3 Å². The summed E-state index contributed by atoms with van der Waals surface area (Å²) in [4.78, 5) is 31.0. The van der Waals surface area contributed by atoms with Gasteiger partial charge in [0.2, 0.25) is 5.91 Å². The molecule has 39 heavy (non-hydrogen) atoms. The van der Waals surface area contributed by atoms with Gasteiger partial charge >= 0.3 is 12.4 Å². The first-order chi connectivity index (χ1) is 18.0. The van der Waals surface area contributed by atoms with Gasteiger partial charge in [0.1, 0.15) is 5.54 Å². The van der Waals surface area contributed by atoms with E-state index in [1.54, 1.807) is 0 Å². The van der Waals surface area contributed by atoms with Crippen LogP contribution in [0.25, 0.3) is 0 Å². The summed E-state index contributed by atoms with van der Waals surface area (Å²) in [6.45, 7) is 0.909. The summed E-state index contributed by atoms with van der Waals surface area (Å²) in [5.41, 5.74) is -4.75. The van der Waals surface area contributed by atoms with Crippen LogP contribution in [0.5, 0.6) is 0 Å². The molecule has 1 saturated carbocycles. The van der Waals surface area contributed by atoms with Crippen LogP contribution in [-0.2, 0) is 15.2 Å². The highest BCUT2D eigenvalue weighted by molar-refractivity contribution is 6.34. The molecule has 1 atom stereocenters. The summed E-state index contributed by atoms with van der Waals surface area (Å²) in [6.07, 6.45) is -10.6. The molecule has 2 aromatic carbocycles. The highest BCUT2D eigenvalue weighted by atomic mass is 35.5. The van der Waals surface area contributed by atoms with Gasteiger partial charge in [-0.05, 0) is 61.2 Å². The van der Waals surface area contributed by atoms with Crippen LogP contribution in [0.1, 0.15) is 46.3 Å². The van der Waals surface area contributed by atoms with E-state index in [4.69, 9.17) is 28.0 Å². The SMILES string of the molecule is Cc1cc(C2=NOC(c3cc(Cl)cc(Cl)c3)(C(F)(F)F)C2)ccc1C(=O)N(C)CC(=O)NC1(C(F)(F)F)CC1. The third kappa shape index (κ3) is 5.54. The van der Waals surface area contributed by atoms with Crippen LogP contribution in [0.15, 0.2) is 41.6 Å². The molecule has 210 valence electrons. The van der Waals surface area contributed by atoms with Crippen molar-refractivity contribution in [1.29, 1.82) is 0 Å². The topological polar surface area (TPSA) is 71.0 Å². The van der Waals surface area contributed by atoms with Crippen LogP contribution >= 0.6 is 23.2 Å². The van der Waals surface area contributed by atoms with Gasteiger partial charge in [0.15, 0.2) is 0 Å². The number of amides is 2. The van der Waals surface area contributed by atoms with Gasteiger partial charge in [0, 0.05) is 34.6 Å². The number of halogens is 8. The molecule has 0 spiro atoms. The number of benzene rings is 2. The van der Waals surface area contributed by atoms with E-state index in [2.05, 4.69) is 5.16 Å². The number of likely N-dealkylation sites (N-methyl/N-ethyl adjacent to an activating group) is 1. The van der Waals surface area contributed by atoms with Crippen LogP contribution in [0.4, 0.5) is 26.3 Å². The Morgan fingerprint density at radius 3 is 2.15 bits per heavy atom. The van der Waals surface area contributed by atoms with Crippen molar-refractivity contribution >= 4 is 40.7 Å². The van der Waals surface area contributed by atoms with Gasteiger partial charge in [-0.3, -0.25) is 9.59 Å². The zero-order chi connectivity index (χ0) is 29.0. The molecule has 2 aromatic rings. The number of aryl methyl sites for hydroxylation is 1. The van der Waals surface area contributed by atoms with E-state index in [1.807, 2.05) is 5.32 Å². The molecular formula is C25H21Cl2F6N3O3. The molecule has 1 aliphatic heterocycles. The number of rotatable bonds is 6. The summed E-state index contributed by atoms with van der Waals surface area (Å²) >= 11 is 11.8. The lowest BCUT2D eigenvalue weighted by atomic mass is 9.86. The molecule has 1 fully saturated rings. The molecule has 6 nitrogen and oxygen atoms in total. The lowest BCUT2D eigenvalue weighted by Crippen LogP contribution is -2.51. The monoisotopic (exact) mass is 595 g/mol. The Morgan fingerprint density at radius 1 is 1.03 bits per heavy atom. The van der Waals surface area contributed by atoms with Crippen molar-refractivity contribution in [2.24, 2.45) is 5.16 Å². The first-order valence-electron chi connectivity index (χ1n) is 11.5. The second kappa shape index (κ2) is 9.88. The predicted molar refractivity (Wildman–Crippen MR) is 131 cm³/mol. The molecule has 4 rings (SSSR count). The molecule has 14 heteroatoms. The van der Waals surface area contributed by atoms with Gasteiger partial charge in [-0.25, -0.2) is 0 Å². The number of carbonyl (C=O) groups excluding carboxylic acids is 2. The zero-order valence-electron chi connectivity index (χ0n) is 20.4. The van der Waals surface area contributed by atoms with Crippen LogP contribution in [-0.4, -0.2) is 53.9 Å². The van der Waals surface area contributed by atoms with Gasteiger partial charge < -0.3 is 15.1 Å². The van der Waals surface area contributed by atoms with Crippen molar-refractivity contribution in [3.63, 3.8) is 0 Å². The number of nitrogens with one attached hydrogen (secondary N) is 1. The summed E-state index contributed by atoms with van der Waals surface area (Å²) in [5, 5.41) is 5.60. The van der Waals surface area contributed by atoms with E-state index in [-0.39, 0.29) is 45.3 Å². The number of nitrogens with zero attached hydrogens (tertiary/aromatic N) is 2. The summed E-state index contributed by atoms with van der Waals surface area (Å²) in [5.74, 6) is -1.62. The van der Waals surface area contributed by atoms with Crippen LogP contribution < -0.4 is 5.32 Å². The maximum atomic E-state index is 14.2. The Bertz CT molecular complexity index is 1340. The molecule has 2 amide bonds. The largest absolute Gasteiger partial charge is 0.435 e. The number of hydrogen-bond donors (Lipinski definition) is 1. The van der Waals surface area contributed by atoms with Crippen LogP contribution in [0, 0.1) is 6.92 Å². The highest BCUT2D eigenvalue weighted by Gasteiger charge is 2.64. The average Bonchev–Trinajstić information content (AvgIpc) is 3.44. The highest BCUT2D eigenvalue weighted by Crippen LogP contribution is 2.50. The summed E-state index contributed by atoms with van der Waals surface area (Å²) in [6, 6.07) is 7.62. The van der Waals surface area contributed by atoms with Gasteiger partial charge in [-0.15, -0.1) is 0 Å². The Labute approximate surface area is 228 Å². The van der Waals surface area contributed by atoms with E-state index >= 15 is 0 Å². The molecule has 0 aromatic heterocycles. The third-order valence-corrected chi connectivity index (χ3v) is 7.14. The number of oxime groups is 1. The van der Waals surface area contributed by atoms with Crippen LogP contribution in [0.2, 0.25) is 10.0 Å². The molecule has 2 aliphatic rings. The van der Waals surface area contributed by atoms with Crippen molar-refractivity contribution in [3.05, 3.63) is 68.7 Å². The minimum atomic E-state index is -4.88. The van der Waals surface area contributed by atoms with E-state index in [1.165, 1.54) is 38.2 Å². The fourth-order valence-electron chi connectivity index (χ4n) is 4.33. The lowest BCUT2D eigenvalue weighted by Gasteiger charge is -2.29. The van der Waals surface area contributed by atoms with E-state index < -0.39 is 48.3 Å². The fourth-order valence-corrected chi connectivity index (χ4v) is 4.86. The molecular weight excluding hydrogens is 575 g/mol. The Hall–Kier alpha value is -2.99. The average molecular weight is 596 g/mol. The van der Waals surface area contributed by atoms with Gasteiger partial charge in [-0.1, -0.05) is 34.4 Å². The molecule has 1 N–H and O–H groups in total. The second-order valence-electron chi connectivity index (χ2n) is 9.61.